The molecule has 1 aliphatic rings. The molecule has 1 aliphatic heterocycles. The molecular formula is C30H34ClN3O5. The standard InChI is InChI=1S/C30H34ClN3O5/c1-30(2,3)39-29(36)33-13-11-25(19-33)38-24-9-7-21(8-10-24)26(28(35)37-4)17-23-16-22-6-5-20(18-32)15-27(22)34(23)14-12-31/h5-10,15-16,25-26H,11-14,17,19H2,1-4H3/t25-,26?/m0/s1. The fourth-order valence-corrected chi connectivity index (χ4v) is 5.04. The number of rotatable bonds is 8. The molecule has 2 atom stereocenters. The van der Waals surface area contributed by atoms with E-state index in [0.29, 0.717) is 49.7 Å². The van der Waals surface area contributed by atoms with Crippen LogP contribution in [0.5, 0.6) is 5.75 Å². The second-order valence-electron chi connectivity index (χ2n) is 10.7. The molecule has 1 aromatic heterocycles. The molecule has 0 radical (unpaired) electrons. The maximum absolute atomic E-state index is 12.9. The minimum Gasteiger partial charge on any atom is -0.489 e. The highest BCUT2D eigenvalue weighted by molar-refractivity contribution is 6.17. The molecule has 9 heteroatoms. The van der Waals surface area contributed by atoms with E-state index in [9.17, 15) is 14.9 Å². The summed E-state index contributed by atoms with van der Waals surface area (Å²) in [6.45, 7) is 7.13. The second-order valence-corrected chi connectivity index (χ2v) is 11.0. The summed E-state index contributed by atoms with van der Waals surface area (Å²) >= 11 is 6.10. The van der Waals surface area contributed by atoms with Gasteiger partial charge < -0.3 is 23.7 Å². The molecule has 1 unspecified atom stereocenters. The number of nitrogens with zero attached hydrogens (tertiary/aromatic N) is 3. The summed E-state index contributed by atoms with van der Waals surface area (Å²) < 4.78 is 18.8. The molecule has 3 aromatic rings. The lowest BCUT2D eigenvalue weighted by Gasteiger charge is -2.24. The number of esters is 1. The first kappa shape index (κ1) is 28.3. The van der Waals surface area contributed by atoms with Crippen molar-refractivity contribution in [2.75, 3.05) is 26.1 Å². The van der Waals surface area contributed by atoms with Gasteiger partial charge in [0.2, 0.25) is 0 Å². The number of benzene rings is 2. The number of amides is 1. The largest absolute Gasteiger partial charge is 0.489 e. The SMILES string of the molecule is COC(=O)C(Cc1cc2ccc(C#N)cc2n1CCCl)c1ccc(O[C@H]2CCN(C(=O)OC(C)(C)C)C2)cc1. The summed E-state index contributed by atoms with van der Waals surface area (Å²) in [6.07, 6.45) is 0.655. The third kappa shape index (κ3) is 6.85. The lowest BCUT2D eigenvalue weighted by atomic mass is 9.94. The zero-order chi connectivity index (χ0) is 28.2. The number of hydrogen-bond donors (Lipinski definition) is 0. The van der Waals surface area contributed by atoms with Gasteiger partial charge in [-0.2, -0.15) is 5.26 Å². The summed E-state index contributed by atoms with van der Waals surface area (Å²) in [4.78, 5) is 26.9. The number of methoxy groups -OCH3 is 1. The van der Waals surface area contributed by atoms with Gasteiger partial charge in [-0.25, -0.2) is 4.79 Å². The molecule has 1 fully saturated rings. The Bertz CT molecular complexity index is 1370. The smallest absolute Gasteiger partial charge is 0.410 e. The highest BCUT2D eigenvalue weighted by Crippen LogP contribution is 2.30. The van der Waals surface area contributed by atoms with Gasteiger partial charge in [-0.15, -0.1) is 11.6 Å². The minimum atomic E-state index is -0.542. The summed E-state index contributed by atoms with van der Waals surface area (Å²) in [5, 5.41) is 10.3. The molecule has 8 nitrogen and oxygen atoms in total. The first-order chi connectivity index (χ1) is 18.6. The fourth-order valence-electron chi connectivity index (χ4n) is 4.88. The van der Waals surface area contributed by atoms with Gasteiger partial charge in [-0.1, -0.05) is 18.2 Å². The number of aromatic nitrogens is 1. The van der Waals surface area contributed by atoms with Crippen molar-refractivity contribution < 1.29 is 23.8 Å². The van der Waals surface area contributed by atoms with E-state index in [4.69, 9.17) is 25.8 Å². The average molecular weight is 552 g/mol. The van der Waals surface area contributed by atoms with Gasteiger partial charge >= 0.3 is 12.1 Å². The highest BCUT2D eigenvalue weighted by Gasteiger charge is 2.31. The first-order valence-electron chi connectivity index (χ1n) is 13.0. The van der Waals surface area contributed by atoms with E-state index >= 15 is 0 Å². The molecule has 0 bridgehead atoms. The summed E-state index contributed by atoms with van der Waals surface area (Å²) in [5.74, 6) is 0.188. The van der Waals surface area contributed by atoms with Crippen LogP contribution < -0.4 is 4.74 Å². The molecular weight excluding hydrogens is 518 g/mol. The molecule has 2 aromatic carbocycles. The fraction of sp³-hybridized carbons (Fsp3) is 0.433. The number of likely N-dealkylation sites (tertiary alicyclic amines) is 1. The molecule has 4 rings (SSSR count). The second kappa shape index (κ2) is 12.0. The van der Waals surface area contributed by atoms with Crippen LogP contribution in [-0.2, 0) is 27.2 Å². The molecule has 0 N–H and O–H groups in total. The normalized spacial score (nSPS) is 16.1. The van der Waals surface area contributed by atoms with Crippen molar-refractivity contribution >= 4 is 34.6 Å². The molecule has 39 heavy (non-hydrogen) atoms. The summed E-state index contributed by atoms with van der Waals surface area (Å²) in [5.41, 5.74) is 2.68. The number of ether oxygens (including phenoxy) is 3. The number of carbonyl (C=O) groups excluding carboxylic acids is 2. The third-order valence-electron chi connectivity index (χ3n) is 6.71. The topological polar surface area (TPSA) is 93.8 Å². The van der Waals surface area contributed by atoms with E-state index in [2.05, 4.69) is 10.6 Å². The Morgan fingerprint density at radius 2 is 1.90 bits per heavy atom. The zero-order valence-electron chi connectivity index (χ0n) is 22.8. The summed E-state index contributed by atoms with van der Waals surface area (Å²) in [7, 11) is 1.39. The van der Waals surface area contributed by atoms with Crippen LogP contribution >= 0.6 is 11.6 Å². The van der Waals surface area contributed by atoms with Crippen molar-refractivity contribution in [3.05, 3.63) is 65.4 Å². The Morgan fingerprint density at radius 1 is 1.15 bits per heavy atom. The molecule has 0 spiro atoms. The van der Waals surface area contributed by atoms with Crippen LogP contribution in [0.2, 0.25) is 0 Å². The van der Waals surface area contributed by atoms with E-state index in [1.807, 2.05) is 63.2 Å². The number of hydrogen-bond acceptors (Lipinski definition) is 6. The Labute approximate surface area is 234 Å². The van der Waals surface area contributed by atoms with Crippen LogP contribution in [0.3, 0.4) is 0 Å². The van der Waals surface area contributed by atoms with E-state index < -0.39 is 11.5 Å². The van der Waals surface area contributed by atoms with Gasteiger partial charge in [0.15, 0.2) is 0 Å². The maximum atomic E-state index is 12.9. The Morgan fingerprint density at radius 3 is 2.54 bits per heavy atom. The predicted molar refractivity (Wildman–Crippen MR) is 149 cm³/mol. The quantitative estimate of drug-likeness (QED) is 0.266. The molecule has 2 heterocycles. The lowest BCUT2D eigenvalue weighted by Crippen LogP contribution is -2.36. The summed E-state index contributed by atoms with van der Waals surface area (Å²) in [6, 6.07) is 17.2. The molecule has 1 amide bonds. The maximum Gasteiger partial charge on any atom is 0.410 e. The molecule has 206 valence electrons. The lowest BCUT2D eigenvalue weighted by molar-refractivity contribution is -0.142. The van der Waals surface area contributed by atoms with Crippen molar-refractivity contribution in [2.45, 2.75) is 57.8 Å². The first-order valence-corrected chi connectivity index (χ1v) is 13.6. The number of aryl methyl sites for hydroxylation is 1. The number of nitriles is 1. The van der Waals surface area contributed by atoms with Gasteiger partial charge in [0.25, 0.3) is 0 Å². The van der Waals surface area contributed by atoms with Crippen molar-refractivity contribution in [3.8, 4) is 11.8 Å². The van der Waals surface area contributed by atoms with E-state index in [1.54, 1.807) is 11.0 Å². The van der Waals surface area contributed by atoms with Crippen LogP contribution in [0.15, 0.2) is 48.5 Å². The van der Waals surface area contributed by atoms with Crippen LogP contribution in [0.4, 0.5) is 4.79 Å². The number of alkyl halides is 1. The van der Waals surface area contributed by atoms with Gasteiger partial charge in [-0.05, 0) is 62.1 Å². The van der Waals surface area contributed by atoms with Crippen molar-refractivity contribution in [2.24, 2.45) is 0 Å². The highest BCUT2D eigenvalue weighted by atomic mass is 35.5. The number of fused-ring (bicyclic) bond motifs is 1. The van der Waals surface area contributed by atoms with Gasteiger partial charge in [0.05, 0.1) is 31.2 Å². The van der Waals surface area contributed by atoms with Gasteiger partial charge in [0.1, 0.15) is 17.5 Å². The van der Waals surface area contributed by atoms with Crippen molar-refractivity contribution in [1.82, 2.24) is 9.47 Å². The Kier molecular flexibility index (Phi) is 8.71. The van der Waals surface area contributed by atoms with Crippen LogP contribution in [0.25, 0.3) is 10.9 Å². The molecule has 1 saturated heterocycles. The zero-order valence-corrected chi connectivity index (χ0v) is 23.5. The average Bonchev–Trinajstić information content (AvgIpc) is 3.51. The van der Waals surface area contributed by atoms with Crippen molar-refractivity contribution in [1.29, 1.82) is 5.26 Å². The van der Waals surface area contributed by atoms with Crippen LogP contribution in [0.1, 0.15) is 49.9 Å². The number of carbonyl (C=O) groups is 2. The molecule has 0 aliphatic carbocycles. The van der Waals surface area contributed by atoms with Gasteiger partial charge in [-0.3, -0.25) is 4.79 Å². The molecule has 0 saturated carbocycles. The van der Waals surface area contributed by atoms with Crippen LogP contribution in [0, 0.1) is 11.3 Å². The van der Waals surface area contributed by atoms with Crippen LogP contribution in [-0.4, -0.2) is 59.3 Å². The third-order valence-corrected chi connectivity index (χ3v) is 6.88. The Hall–Kier alpha value is -3.70. The van der Waals surface area contributed by atoms with E-state index in [-0.39, 0.29) is 18.2 Å². The van der Waals surface area contributed by atoms with Gasteiger partial charge in [0, 0.05) is 43.0 Å². The minimum absolute atomic E-state index is 0.135. The monoisotopic (exact) mass is 551 g/mol. The van der Waals surface area contributed by atoms with E-state index in [0.717, 1.165) is 22.2 Å². The predicted octanol–water partition coefficient (Wildman–Crippen LogP) is 5.64. The Balaban J connectivity index is 1.49. The number of halogens is 1. The van der Waals surface area contributed by atoms with E-state index in [1.165, 1.54) is 7.11 Å². The van der Waals surface area contributed by atoms with Crippen molar-refractivity contribution in [3.63, 3.8) is 0 Å².